The Labute approximate surface area is 237 Å². The molecule has 0 radical (unpaired) electrons. The molecule has 8 aromatic carbocycles. The highest BCUT2D eigenvalue weighted by atomic mass is 14.7. The quantitative estimate of drug-likeness (QED) is 0.219. The smallest absolute Gasteiger partial charge is 0.0544 e. The van der Waals surface area contributed by atoms with Crippen LogP contribution in [0.15, 0.2) is 146 Å². The summed E-state index contributed by atoms with van der Waals surface area (Å²) in [5.41, 5.74) is 7.45. The van der Waals surface area contributed by atoms with Gasteiger partial charge in [-0.1, -0.05) is 127 Å². The normalized spacial score (nSPS) is 11.9. The van der Waals surface area contributed by atoms with Crippen molar-refractivity contribution in [1.29, 1.82) is 0 Å². The van der Waals surface area contributed by atoms with Crippen molar-refractivity contribution in [2.24, 2.45) is 0 Å². The van der Waals surface area contributed by atoms with Crippen molar-refractivity contribution in [2.75, 3.05) is 0 Å². The van der Waals surface area contributed by atoms with E-state index in [-0.39, 0.29) is 0 Å². The van der Waals surface area contributed by atoms with Crippen LogP contribution in [0.25, 0.3) is 87.1 Å². The molecule has 0 aliphatic carbocycles. The van der Waals surface area contributed by atoms with Crippen LogP contribution in [0.5, 0.6) is 0 Å². The lowest BCUT2D eigenvalue weighted by Gasteiger charge is -2.18. The number of hydrogen-bond acceptors (Lipinski definition) is 0. The van der Waals surface area contributed by atoms with Crippen molar-refractivity contribution in [2.45, 2.75) is 0 Å². The topological polar surface area (TPSA) is 15.8 Å². The van der Waals surface area contributed by atoms with E-state index >= 15 is 0 Å². The number of H-pyrrole nitrogens is 1. The molecule has 1 N–H and O–H groups in total. The maximum Gasteiger partial charge on any atom is 0.0544 e. The first-order valence-electron chi connectivity index (χ1n) is 14.2. The molecule has 0 saturated heterocycles. The number of benzene rings is 8. The molecule has 0 bridgehead atoms. The first kappa shape index (κ1) is 22.4. The zero-order valence-electron chi connectivity index (χ0n) is 22.4. The minimum Gasteiger partial charge on any atom is -0.354 e. The SMILES string of the molecule is c1ccc2cc(-c3c4ccccc4c(-c4ccc5[nH]c6c7ccccc7ccc6c5c4)c4ccccc34)ccc2c1. The van der Waals surface area contributed by atoms with Crippen molar-refractivity contribution in [3.8, 4) is 22.3 Å². The Morgan fingerprint density at radius 1 is 0.317 bits per heavy atom. The zero-order valence-corrected chi connectivity index (χ0v) is 22.4. The molecular weight excluding hydrogens is 494 g/mol. The fourth-order valence-corrected chi connectivity index (χ4v) is 6.89. The van der Waals surface area contributed by atoms with Crippen molar-refractivity contribution in [3.05, 3.63) is 146 Å². The van der Waals surface area contributed by atoms with Crippen LogP contribution in [0, 0.1) is 0 Å². The first-order chi connectivity index (χ1) is 20.3. The summed E-state index contributed by atoms with van der Waals surface area (Å²) in [6, 6.07) is 53.3. The van der Waals surface area contributed by atoms with Gasteiger partial charge in [0.1, 0.15) is 0 Å². The first-order valence-corrected chi connectivity index (χ1v) is 14.2. The van der Waals surface area contributed by atoms with Gasteiger partial charge in [0.25, 0.3) is 0 Å². The molecule has 0 atom stereocenters. The summed E-state index contributed by atoms with van der Waals surface area (Å²) in [4.78, 5) is 3.72. The molecule has 0 unspecified atom stereocenters. The Balaban J connectivity index is 1.36. The molecule has 9 aromatic rings. The standard InChI is InChI=1S/C40H25N/c1-2-11-27-23-28(18-17-25(27)9-1)38-31-13-5-7-15-33(31)39(34-16-8-6-14-32(34)38)29-20-22-37-36(24-29)35-21-19-26-10-3-4-12-30(26)40(35)41-37/h1-24,41H. The van der Waals surface area contributed by atoms with Crippen molar-refractivity contribution < 1.29 is 0 Å². The van der Waals surface area contributed by atoms with Gasteiger partial charge in [0.15, 0.2) is 0 Å². The third kappa shape index (κ3) is 3.30. The second-order valence-corrected chi connectivity index (χ2v) is 11.0. The van der Waals surface area contributed by atoms with Crippen molar-refractivity contribution >= 4 is 64.9 Å². The fourth-order valence-electron chi connectivity index (χ4n) is 6.89. The van der Waals surface area contributed by atoms with Gasteiger partial charge in [-0.3, -0.25) is 0 Å². The molecule has 0 spiro atoms. The van der Waals surface area contributed by atoms with Crippen LogP contribution in [-0.2, 0) is 0 Å². The van der Waals surface area contributed by atoms with Crippen LogP contribution in [-0.4, -0.2) is 4.98 Å². The Morgan fingerprint density at radius 3 is 1.51 bits per heavy atom. The minimum absolute atomic E-state index is 1.17. The summed E-state index contributed by atoms with van der Waals surface area (Å²) in [7, 11) is 0. The van der Waals surface area contributed by atoms with Crippen LogP contribution < -0.4 is 0 Å². The van der Waals surface area contributed by atoms with Gasteiger partial charge in [-0.2, -0.15) is 0 Å². The average molecular weight is 520 g/mol. The molecule has 0 fully saturated rings. The monoisotopic (exact) mass is 519 g/mol. The fraction of sp³-hybridized carbons (Fsp3) is 0. The highest BCUT2D eigenvalue weighted by Crippen LogP contribution is 2.45. The maximum atomic E-state index is 3.72. The van der Waals surface area contributed by atoms with Crippen molar-refractivity contribution in [3.63, 3.8) is 0 Å². The molecule has 1 heterocycles. The molecule has 0 amide bonds. The van der Waals surface area contributed by atoms with Crippen LogP contribution in [0.3, 0.4) is 0 Å². The Morgan fingerprint density at radius 2 is 0.829 bits per heavy atom. The number of hydrogen-bond donors (Lipinski definition) is 1. The van der Waals surface area contributed by atoms with Gasteiger partial charge < -0.3 is 4.98 Å². The zero-order chi connectivity index (χ0) is 26.9. The molecule has 1 nitrogen and oxygen atoms in total. The van der Waals surface area contributed by atoms with Gasteiger partial charge in [0, 0.05) is 21.7 Å². The van der Waals surface area contributed by atoms with Crippen LogP contribution in [0.1, 0.15) is 0 Å². The van der Waals surface area contributed by atoms with E-state index in [0.717, 1.165) is 0 Å². The third-order valence-electron chi connectivity index (χ3n) is 8.76. The third-order valence-corrected chi connectivity index (χ3v) is 8.76. The highest BCUT2D eigenvalue weighted by Gasteiger charge is 2.18. The molecular formula is C40H25N. The summed E-state index contributed by atoms with van der Waals surface area (Å²) in [6.45, 7) is 0. The molecule has 9 rings (SSSR count). The van der Waals surface area contributed by atoms with Crippen LogP contribution in [0.2, 0.25) is 0 Å². The molecule has 0 aliphatic rings. The van der Waals surface area contributed by atoms with E-state index in [1.165, 1.54) is 87.1 Å². The average Bonchev–Trinajstić information content (AvgIpc) is 3.42. The predicted molar refractivity (Wildman–Crippen MR) is 177 cm³/mol. The maximum absolute atomic E-state index is 3.72. The van der Waals surface area contributed by atoms with Crippen molar-refractivity contribution in [1.82, 2.24) is 4.98 Å². The second kappa shape index (κ2) is 8.55. The second-order valence-electron chi connectivity index (χ2n) is 11.0. The van der Waals surface area contributed by atoms with E-state index in [1.807, 2.05) is 0 Å². The lowest BCUT2D eigenvalue weighted by molar-refractivity contribution is 1.56. The lowest BCUT2D eigenvalue weighted by atomic mass is 9.85. The molecule has 0 saturated carbocycles. The predicted octanol–water partition coefficient (Wildman–Crippen LogP) is 11.3. The lowest BCUT2D eigenvalue weighted by Crippen LogP contribution is -1.91. The summed E-state index contributed by atoms with van der Waals surface area (Å²) in [5.74, 6) is 0. The van der Waals surface area contributed by atoms with E-state index in [1.54, 1.807) is 0 Å². The summed E-state index contributed by atoms with van der Waals surface area (Å²) < 4.78 is 0. The minimum atomic E-state index is 1.17. The summed E-state index contributed by atoms with van der Waals surface area (Å²) in [6.07, 6.45) is 0. The van der Waals surface area contributed by atoms with E-state index in [4.69, 9.17) is 0 Å². The molecule has 190 valence electrons. The number of aromatic nitrogens is 1. The van der Waals surface area contributed by atoms with Gasteiger partial charge in [-0.15, -0.1) is 0 Å². The molecule has 1 aromatic heterocycles. The number of aromatic amines is 1. The summed E-state index contributed by atoms with van der Waals surface area (Å²) >= 11 is 0. The van der Waals surface area contributed by atoms with Crippen LogP contribution in [0.4, 0.5) is 0 Å². The van der Waals surface area contributed by atoms with Gasteiger partial charge in [-0.05, 0) is 78.2 Å². The molecule has 1 heteroatoms. The van der Waals surface area contributed by atoms with E-state index in [0.29, 0.717) is 0 Å². The van der Waals surface area contributed by atoms with E-state index in [9.17, 15) is 0 Å². The Bertz CT molecular complexity index is 2420. The van der Waals surface area contributed by atoms with E-state index in [2.05, 4.69) is 151 Å². The Hall–Kier alpha value is -5.40. The largest absolute Gasteiger partial charge is 0.354 e. The van der Waals surface area contributed by atoms with E-state index < -0.39 is 0 Å². The van der Waals surface area contributed by atoms with Gasteiger partial charge in [-0.25, -0.2) is 0 Å². The Kier molecular flexibility index (Phi) is 4.67. The highest BCUT2D eigenvalue weighted by molar-refractivity contribution is 6.23. The van der Waals surface area contributed by atoms with Gasteiger partial charge >= 0.3 is 0 Å². The van der Waals surface area contributed by atoms with Gasteiger partial charge in [0.2, 0.25) is 0 Å². The van der Waals surface area contributed by atoms with Crippen LogP contribution >= 0.6 is 0 Å². The molecule has 0 aliphatic heterocycles. The summed E-state index contributed by atoms with van der Waals surface area (Å²) in [5, 5.41) is 12.7. The number of rotatable bonds is 2. The van der Waals surface area contributed by atoms with Gasteiger partial charge in [0.05, 0.1) is 5.52 Å². The molecule has 41 heavy (non-hydrogen) atoms. The number of nitrogens with one attached hydrogen (secondary N) is 1. The number of fused-ring (bicyclic) bond motifs is 8.